The van der Waals surface area contributed by atoms with Crippen LogP contribution in [-0.4, -0.2) is 17.2 Å². The first kappa shape index (κ1) is 12.9. The minimum Gasteiger partial charge on any atom is -0.423 e. The Labute approximate surface area is 121 Å². The predicted molar refractivity (Wildman–Crippen MR) is 81.5 cm³/mol. The third kappa shape index (κ3) is 1.86. The number of fused-ring (bicyclic) bond motifs is 3. The fraction of sp³-hybridized carbons (Fsp3) is 0.200. The maximum Gasteiger partial charge on any atom is 0.488 e. The molecule has 0 heterocycles. The lowest BCUT2D eigenvalue weighted by molar-refractivity contribution is 0.426. The summed E-state index contributed by atoms with van der Waals surface area (Å²) in [4.78, 5) is 0. The first-order valence-corrected chi connectivity index (χ1v) is 7.01. The van der Waals surface area contributed by atoms with E-state index in [-0.39, 0.29) is 5.41 Å². The molecular weight excluding hydrogens is 303 g/mol. The summed E-state index contributed by atoms with van der Waals surface area (Å²) in [5, 5.41) is 18.7. The molecule has 0 unspecified atom stereocenters. The van der Waals surface area contributed by atoms with Crippen LogP contribution < -0.4 is 5.46 Å². The molecule has 2 aromatic rings. The van der Waals surface area contributed by atoms with Gasteiger partial charge in [-0.1, -0.05) is 54.0 Å². The van der Waals surface area contributed by atoms with E-state index in [4.69, 9.17) is 0 Å². The smallest absolute Gasteiger partial charge is 0.423 e. The molecule has 3 rings (SSSR count). The first-order chi connectivity index (χ1) is 8.91. The van der Waals surface area contributed by atoms with Gasteiger partial charge >= 0.3 is 7.12 Å². The van der Waals surface area contributed by atoms with Crippen molar-refractivity contribution in [2.24, 2.45) is 0 Å². The Balaban J connectivity index is 2.31. The highest BCUT2D eigenvalue weighted by Crippen LogP contribution is 2.48. The van der Waals surface area contributed by atoms with Gasteiger partial charge in [0, 0.05) is 9.89 Å². The topological polar surface area (TPSA) is 40.5 Å². The lowest BCUT2D eigenvalue weighted by Crippen LogP contribution is -2.30. The fourth-order valence-electron chi connectivity index (χ4n) is 2.92. The highest BCUT2D eigenvalue weighted by molar-refractivity contribution is 9.10. The summed E-state index contributed by atoms with van der Waals surface area (Å²) in [6.45, 7) is 4.39. The van der Waals surface area contributed by atoms with E-state index in [0.29, 0.717) is 5.46 Å². The van der Waals surface area contributed by atoms with Crippen molar-refractivity contribution in [3.8, 4) is 11.1 Å². The van der Waals surface area contributed by atoms with Crippen LogP contribution in [0.25, 0.3) is 11.1 Å². The monoisotopic (exact) mass is 316 g/mol. The molecule has 0 bridgehead atoms. The van der Waals surface area contributed by atoms with E-state index in [9.17, 15) is 10.0 Å². The maximum atomic E-state index is 9.33. The molecule has 2 N–H and O–H groups in total. The molecule has 0 aromatic heterocycles. The molecule has 1 aliphatic carbocycles. The molecule has 4 heteroatoms. The van der Waals surface area contributed by atoms with Crippen LogP contribution in [0.3, 0.4) is 0 Å². The molecule has 0 spiro atoms. The molecule has 19 heavy (non-hydrogen) atoms. The van der Waals surface area contributed by atoms with E-state index in [0.717, 1.165) is 15.6 Å². The third-order valence-corrected chi connectivity index (χ3v) is 4.45. The van der Waals surface area contributed by atoms with Gasteiger partial charge in [-0.05, 0) is 39.8 Å². The van der Waals surface area contributed by atoms with Crippen molar-refractivity contribution < 1.29 is 10.0 Å². The zero-order chi connectivity index (χ0) is 13.8. The largest absolute Gasteiger partial charge is 0.488 e. The standard InChI is InChI=1S/C15H14BBrO2/c1-15(2)13-5-3-9(16(18)19)7-11(13)12-8-10(17)4-6-14(12)15/h3-8,18-19H,1-2H3. The van der Waals surface area contributed by atoms with E-state index < -0.39 is 7.12 Å². The Morgan fingerprint density at radius 2 is 1.53 bits per heavy atom. The Hall–Kier alpha value is -1.10. The zero-order valence-electron chi connectivity index (χ0n) is 10.8. The van der Waals surface area contributed by atoms with Gasteiger partial charge in [-0.3, -0.25) is 0 Å². The molecule has 2 aromatic carbocycles. The van der Waals surface area contributed by atoms with Crippen LogP contribution in [0.2, 0.25) is 0 Å². The fourth-order valence-corrected chi connectivity index (χ4v) is 3.28. The molecule has 0 saturated heterocycles. The van der Waals surface area contributed by atoms with E-state index in [1.54, 1.807) is 6.07 Å². The second-order valence-corrected chi connectivity index (χ2v) is 6.41. The van der Waals surface area contributed by atoms with Crippen molar-refractivity contribution in [1.29, 1.82) is 0 Å². The summed E-state index contributed by atoms with van der Waals surface area (Å²) >= 11 is 3.50. The first-order valence-electron chi connectivity index (χ1n) is 6.22. The van der Waals surface area contributed by atoms with Crippen molar-refractivity contribution in [3.63, 3.8) is 0 Å². The molecule has 2 nitrogen and oxygen atoms in total. The summed E-state index contributed by atoms with van der Waals surface area (Å²) in [6, 6.07) is 11.9. The van der Waals surface area contributed by atoms with Crippen molar-refractivity contribution in [3.05, 3.63) is 52.0 Å². The highest BCUT2D eigenvalue weighted by atomic mass is 79.9. The van der Waals surface area contributed by atoms with Crippen LogP contribution in [0.5, 0.6) is 0 Å². The van der Waals surface area contributed by atoms with Crippen LogP contribution in [-0.2, 0) is 5.41 Å². The summed E-state index contributed by atoms with van der Waals surface area (Å²) in [7, 11) is -1.43. The van der Waals surface area contributed by atoms with Gasteiger partial charge in [0.1, 0.15) is 0 Å². The molecule has 0 fully saturated rings. The van der Waals surface area contributed by atoms with Gasteiger partial charge in [-0.25, -0.2) is 0 Å². The minimum absolute atomic E-state index is 0.0513. The number of benzene rings is 2. The summed E-state index contributed by atoms with van der Waals surface area (Å²) < 4.78 is 1.03. The second kappa shape index (κ2) is 4.20. The van der Waals surface area contributed by atoms with Crippen LogP contribution in [0.4, 0.5) is 0 Å². The molecule has 0 radical (unpaired) electrons. The molecule has 0 saturated carbocycles. The number of rotatable bonds is 1. The Morgan fingerprint density at radius 1 is 0.947 bits per heavy atom. The van der Waals surface area contributed by atoms with E-state index in [2.05, 4.69) is 41.9 Å². The van der Waals surface area contributed by atoms with Crippen LogP contribution in [0, 0.1) is 0 Å². The van der Waals surface area contributed by atoms with E-state index >= 15 is 0 Å². The molecular formula is C15H14BBrO2. The predicted octanol–water partition coefficient (Wildman–Crippen LogP) is 2.44. The lowest BCUT2D eigenvalue weighted by atomic mass is 9.77. The average Bonchev–Trinajstić information content (AvgIpc) is 2.58. The highest BCUT2D eigenvalue weighted by Gasteiger charge is 2.35. The average molecular weight is 317 g/mol. The van der Waals surface area contributed by atoms with Crippen molar-refractivity contribution in [2.45, 2.75) is 19.3 Å². The Bertz CT molecular complexity index is 665. The van der Waals surface area contributed by atoms with Crippen LogP contribution >= 0.6 is 15.9 Å². The number of hydrogen-bond acceptors (Lipinski definition) is 2. The van der Waals surface area contributed by atoms with Crippen molar-refractivity contribution >= 4 is 28.5 Å². The maximum absolute atomic E-state index is 9.33. The lowest BCUT2D eigenvalue weighted by Gasteiger charge is -2.21. The molecule has 0 amide bonds. The number of hydrogen-bond donors (Lipinski definition) is 2. The van der Waals surface area contributed by atoms with Gasteiger partial charge in [0.15, 0.2) is 0 Å². The van der Waals surface area contributed by atoms with Gasteiger partial charge < -0.3 is 10.0 Å². The molecule has 0 atom stereocenters. The SMILES string of the molecule is CC1(C)c2ccc(Br)cc2-c2cc(B(O)O)ccc21. The molecule has 96 valence electrons. The van der Waals surface area contributed by atoms with Crippen LogP contribution in [0.15, 0.2) is 40.9 Å². The Morgan fingerprint density at radius 3 is 2.16 bits per heavy atom. The van der Waals surface area contributed by atoms with E-state index in [1.165, 1.54) is 11.1 Å². The van der Waals surface area contributed by atoms with Gasteiger partial charge in [-0.15, -0.1) is 0 Å². The van der Waals surface area contributed by atoms with Gasteiger partial charge in [-0.2, -0.15) is 0 Å². The van der Waals surface area contributed by atoms with Gasteiger partial charge in [0.05, 0.1) is 0 Å². The zero-order valence-corrected chi connectivity index (χ0v) is 12.4. The quantitative estimate of drug-likeness (QED) is 0.793. The van der Waals surface area contributed by atoms with Gasteiger partial charge in [0.2, 0.25) is 0 Å². The number of halogens is 1. The summed E-state index contributed by atoms with van der Waals surface area (Å²) in [5.74, 6) is 0. The van der Waals surface area contributed by atoms with E-state index in [1.807, 2.05) is 18.2 Å². The van der Waals surface area contributed by atoms with Crippen molar-refractivity contribution in [2.75, 3.05) is 0 Å². The Kier molecular flexibility index (Phi) is 2.86. The summed E-state index contributed by atoms with van der Waals surface area (Å²) in [6.07, 6.45) is 0. The molecule has 1 aliphatic rings. The molecule has 0 aliphatic heterocycles. The minimum atomic E-state index is -1.43. The van der Waals surface area contributed by atoms with Gasteiger partial charge in [0.25, 0.3) is 0 Å². The second-order valence-electron chi connectivity index (χ2n) is 5.49. The van der Waals surface area contributed by atoms with Crippen LogP contribution in [0.1, 0.15) is 25.0 Å². The van der Waals surface area contributed by atoms with Crippen molar-refractivity contribution in [1.82, 2.24) is 0 Å². The third-order valence-electron chi connectivity index (χ3n) is 3.96. The summed E-state index contributed by atoms with van der Waals surface area (Å²) in [5.41, 5.74) is 5.23. The normalized spacial score (nSPS) is 15.0.